The Kier molecular flexibility index (Phi) is 9.56. The van der Waals surface area contributed by atoms with E-state index in [1.807, 2.05) is 18.2 Å². The third kappa shape index (κ3) is 7.33. The van der Waals surface area contributed by atoms with Gasteiger partial charge in [0.2, 0.25) is 0 Å². The summed E-state index contributed by atoms with van der Waals surface area (Å²) in [7, 11) is 0.248. The van der Waals surface area contributed by atoms with Crippen molar-refractivity contribution in [3.05, 3.63) is 47.2 Å². The van der Waals surface area contributed by atoms with Crippen molar-refractivity contribution in [2.45, 2.75) is 59.2 Å². The van der Waals surface area contributed by atoms with Gasteiger partial charge < -0.3 is 9.47 Å². The zero-order valence-electron chi connectivity index (χ0n) is 16.5. The summed E-state index contributed by atoms with van der Waals surface area (Å²) in [6.07, 6.45) is 7.23. The van der Waals surface area contributed by atoms with E-state index in [0.717, 1.165) is 6.23 Å². The number of ether oxygens (including phenoxy) is 2. The molecule has 0 aromatic heterocycles. The van der Waals surface area contributed by atoms with Crippen LogP contribution in [0.5, 0.6) is 0 Å². The Hall–Kier alpha value is -0.903. The normalized spacial score (nSPS) is 15.3. The summed E-state index contributed by atoms with van der Waals surface area (Å²) in [4.78, 5) is 0. The molecule has 3 heteroatoms. The molecule has 24 heavy (non-hydrogen) atoms. The van der Waals surface area contributed by atoms with Crippen LogP contribution in [0.15, 0.2) is 41.6 Å². The third-order valence-electron chi connectivity index (χ3n) is 4.80. The van der Waals surface area contributed by atoms with E-state index in [9.17, 15) is 0 Å². The van der Waals surface area contributed by atoms with Crippen LogP contribution in [0, 0.1) is 5.92 Å². The van der Waals surface area contributed by atoms with Gasteiger partial charge >= 0.3 is 0 Å². The van der Waals surface area contributed by atoms with Crippen molar-refractivity contribution < 1.29 is 9.47 Å². The van der Waals surface area contributed by atoms with Crippen molar-refractivity contribution in [3.8, 4) is 0 Å². The standard InChI is InChI=1S/C21H36O2Si/c1-7-8-12-18(2)15-19(3)24(5,6)17-23-16-21(22-4)20-13-10-9-11-14-20/h9-11,13-15,18,21H,7-8,12,16-17H2,1-6H3/b19-15+/t18-,21-/m1/s1. The Balaban J connectivity index is 2.53. The van der Waals surface area contributed by atoms with Gasteiger partial charge in [-0.15, -0.1) is 0 Å². The first-order valence-electron chi connectivity index (χ1n) is 9.25. The predicted octanol–water partition coefficient (Wildman–Crippen LogP) is 5.95. The molecule has 0 aliphatic rings. The van der Waals surface area contributed by atoms with Crippen LogP contribution in [0.3, 0.4) is 0 Å². The van der Waals surface area contributed by atoms with E-state index < -0.39 is 8.07 Å². The molecule has 1 aromatic rings. The lowest BCUT2D eigenvalue weighted by Crippen LogP contribution is -2.36. The first kappa shape index (κ1) is 21.1. The zero-order chi connectivity index (χ0) is 18.0. The second kappa shape index (κ2) is 10.9. The smallest absolute Gasteiger partial charge is 0.105 e. The van der Waals surface area contributed by atoms with Gasteiger partial charge in [-0.25, -0.2) is 0 Å². The lowest BCUT2D eigenvalue weighted by atomic mass is 10.0. The molecule has 0 saturated heterocycles. The highest BCUT2D eigenvalue weighted by atomic mass is 28.3. The fourth-order valence-corrected chi connectivity index (χ4v) is 4.36. The lowest BCUT2D eigenvalue weighted by Gasteiger charge is -2.26. The number of allylic oxidation sites excluding steroid dienone is 2. The molecule has 136 valence electrons. The molecule has 1 aromatic carbocycles. The van der Waals surface area contributed by atoms with Gasteiger partial charge in [-0.05, 0) is 24.8 Å². The first-order chi connectivity index (χ1) is 11.4. The summed E-state index contributed by atoms with van der Waals surface area (Å²) in [6, 6.07) is 10.3. The van der Waals surface area contributed by atoms with E-state index in [1.165, 1.54) is 24.8 Å². The highest BCUT2D eigenvalue weighted by Crippen LogP contribution is 2.21. The van der Waals surface area contributed by atoms with Crippen molar-refractivity contribution in [2.75, 3.05) is 19.9 Å². The minimum absolute atomic E-state index is 0.0174. The molecule has 0 unspecified atom stereocenters. The molecule has 2 atom stereocenters. The maximum absolute atomic E-state index is 6.09. The van der Waals surface area contributed by atoms with Gasteiger partial charge in [0.05, 0.1) is 6.61 Å². The van der Waals surface area contributed by atoms with Gasteiger partial charge in [0.1, 0.15) is 14.2 Å². The Bertz CT molecular complexity index is 482. The average molecular weight is 349 g/mol. The summed E-state index contributed by atoms with van der Waals surface area (Å²) in [5.74, 6) is 0.674. The number of benzene rings is 1. The largest absolute Gasteiger partial charge is 0.381 e. The van der Waals surface area contributed by atoms with E-state index in [1.54, 1.807) is 12.3 Å². The van der Waals surface area contributed by atoms with Crippen LogP contribution in [0.2, 0.25) is 13.1 Å². The van der Waals surface area contributed by atoms with Crippen molar-refractivity contribution in [1.82, 2.24) is 0 Å². The fourth-order valence-electron chi connectivity index (χ4n) is 2.76. The Morgan fingerprint density at radius 1 is 1.21 bits per heavy atom. The summed E-state index contributed by atoms with van der Waals surface area (Å²) in [5, 5.41) is 1.56. The van der Waals surface area contributed by atoms with E-state index in [4.69, 9.17) is 9.47 Å². The minimum atomic E-state index is -1.51. The molecule has 0 N–H and O–H groups in total. The van der Waals surface area contributed by atoms with Crippen molar-refractivity contribution >= 4 is 8.07 Å². The van der Waals surface area contributed by atoms with Gasteiger partial charge in [0.25, 0.3) is 0 Å². The fraction of sp³-hybridized carbons (Fsp3) is 0.619. The van der Waals surface area contributed by atoms with Crippen LogP contribution < -0.4 is 0 Å². The molecule has 0 aliphatic carbocycles. The Morgan fingerprint density at radius 2 is 1.88 bits per heavy atom. The maximum atomic E-state index is 6.09. The molecular weight excluding hydrogens is 312 g/mol. The molecule has 2 nitrogen and oxygen atoms in total. The van der Waals surface area contributed by atoms with Gasteiger partial charge in [0, 0.05) is 13.3 Å². The maximum Gasteiger partial charge on any atom is 0.105 e. The SMILES string of the molecule is CCCC[C@@H](C)/C=C(\C)[Si](C)(C)COC[C@@H](OC)c1ccccc1. The molecule has 0 saturated carbocycles. The number of unbranched alkanes of at least 4 members (excludes halogenated alkanes) is 1. The van der Waals surface area contributed by atoms with Gasteiger partial charge in [-0.1, -0.05) is 81.4 Å². The number of hydrogen-bond acceptors (Lipinski definition) is 2. The molecule has 0 radical (unpaired) electrons. The lowest BCUT2D eigenvalue weighted by molar-refractivity contribution is 0.0199. The van der Waals surface area contributed by atoms with Crippen molar-refractivity contribution in [1.29, 1.82) is 0 Å². The number of methoxy groups -OCH3 is 1. The molecular formula is C21H36O2Si. The molecule has 0 bridgehead atoms. The highest BCUT2D eigenvalue weighted by Gasteiger charge is 2.24. The second-order valence-corrected chi connectivity index (χ2v) is 12.3. The first-order valence-corrected chi connectivity index (χ1v) is 12.5. The van der Waals surface area contributed by atoms with Crippen LogP contribution in [0.25, 0.3) is 0 Å². The summed E-state index contributed by atoms with van der Waals surface area (Å²) < 4.78 is 11.7. The van der Waals surface area contributed by atoms with Gasteiger partial charge in [-0.2, -0.15) is 0 Å². The Morgan fingerprint density at radius 3 is 2.46 bits per heavy atom. The van der Waals surface area contributed by atoms with E-state index >= 15 is 0 Å². The Labute approximate surface area is 150 Å². The van der Waals surface area contributed by atoms with Crippen molar-refractivity contribution in [2.24, 2.45) is 5.92 Å². The molecule has 0 spiro atoms. The summed E-state index contributed by atoms with van der Waals surface area (Å²) >= 11 is 0. The third-order valence-corrected chi connectivity index (χ3v) is 8.03. The summed E-state index contributed by atoms with van der Waals surface area (Å²) in [6.45, 7) is 12.3. The van der Waals surface area contributed by atoms with Crippen LogP contribution in [-0.4, -0.2) is 28.0 Å². The second-order valence-electron chi connectivity index (χ2n) is 7.50. The monoisotopic (exact) mass is 348 g/mol. The van der Waals surface area contributed by atoms with E-state index in [-0.39, 0.29) is 6.10 Å². The van der Waals surface area contributed by atoms with Crippen LogP contribution >= 0.6 is 0 Å². The minimum Gasteiger partial charge on any atom is -0.381 e. The molecule has 1 rings (SSSR count). The molecule has 0 heterocycles. The van der Waals surface area contributed by atoms with Gasteiger partial charge in [0.15, 0.2) is 0 Å². The molecule has 0 amide bonds. The van der Waals surface area contributed by atoms with E-state index in [2.05, 4.69) is 52.1 Å². The molecule has 0 aliphatic heterocycles. The van der Waals surface area contributed by atoms with E-state index in [0.29, 0.717) is 12.5 Å². The van der Waals surface area contributed by atoms with Crippen LogP contribution in [-0.2, 0) is 9.47 Å². The zero-order valence-corrected chi connectivity index (χ0v) is 17.5. The van der Waals surface area contributed by atoms with Crippen LogP contribution in [0.1, 0.15) is 51.7 Å². The predicted molar refractivity (Wildman–Crippen MR) is 107 cm³/mol. The number of hydrogen-bond donors (Lipinski definition) is 0. The van der Waals surface area contributed by atoms with Crippen LogP contribution in [0.4, 0.5) is 0 Å². The van der Waals surface area contributed by atoms with Crippen molar-refractivity contribution in [3.63, 3.8) is 0 Å². The summed E-state index contributed by atoms with van der Waals surface area (Å²) in [5.41, 5.74) is 1.18. The van der Waals surface area contributed by atoms with Gasteiger partial charge in [-0.3, -0.25) is 0 Å². The quantitative estimate of drug-likeness (QED) is 0.460. The number of rotatable bonds is 11. The highest BCUT2D eigenvalue weighted by molar-refractivity contribution is 6.84. The topological polar surface area (TPSA) is 18.5 Å². The average Bonchev–Trinajstić information content (AvgIpc) is 2.57. The molecule has 0 fully saturated rings.